The van der Waals surface area contributed by atoms with Crippen LogP contribution >= 0.6 is 0 Å². The minimum Gasteiger partial charge on any atom is -0.496 e. The summed E-state index contributed by atoms with van der Waals surface area (Å²) < 4.78 is 21.8. The first-order valence-electron chi connectivity index (χ1n) is 13.4. The molecule has 7 nitrogen and oxygen atoms in total. The summed E-state index contributed by atoms with van der Waals surface area (Å²) in [4.78, 5) is 15.5. The molecular weight excluding hydrogens is 468 g/mol. The molecule has 3 aliphatic heterocycles. The summed E-state index contributed by atoms with van der Waals surface area (Å²) in [6.45, 7) is 10.7. The van der Waals surface area contributed by atoms with Crippen LogP contribution in [-0.4, -0.2) is 62.6 Å². The number of benzene rings is 1. The average molecular weight is 511 g/mol. The normalized spacial score (nSPS) is 24.2. The van der Waals surface area contributed by atoms with E-state index in [0.717, 1.165) is 42.2 Å². The van der Waals surface area contributed by atoms with Gasteiger partial charge >= 0.3 is 0 Å². The summed E-state index contributed by atoms with van der Waals surface area (Å²) in [5, 5.41) is 3.32. The van der Waals surface area contributed by atoms with Crippen molar-refractivity contribution in [3.8, 4) is 11.5 Å². The molecule has 0 spiro atoms. The largest absolute Gasteiger partial charge is 0.496 e. The van der Waals surface area contributed by atoms with Crippen LogP contribution in [0.15, 0.2) is 52.8 Å². The maximum atomic E-state index is 12.8. The van der Waals surface area contributed by atoms with Gasteiger partial charge in [0.05, 0.1) is 18.8 Å². The number of rotatable bonds is 11. The van der Waals surface area contributed by atoms with Crippen molar-refractivity contribution in [2.75, 3.05) is 33.7 Å². The maximum absolute atomic E-state index is 12.8. The number of hydrogen-bond acceptors (Lipinski definition) is 6. The Bertz CT molecular complexity index is 1050. The van der Waals surface area contributed by atoms with E-state index in [2.05, 4.69) is 43.1 Å². The van der Waals surface area contributed by atoms with Crippen LogP contribution in [0.1, 0.15) is 58.9 Å². The van der Waals surface area contributed by atoms with E-state index in [1.165, 1.54) is 29.6 Å². The van der Waals surface area contributed by atoms with Crippen LogP contribution in [0.5, 0.6) is 11.5 Å². The number of piperidine rings is 1. The molecular formula is C30H42N2O5. The highest BCUT2D eigenvalue weighted by Crippen LogP contribution is 2.37. The number of nitrogens with zero attached hydrogens (tertiary/aromatic N) is 1. The van der Waals surface area contributed by atoms with E-state index in [0.29, 0.717) is 31.7 Å². The van der Waals surface area contributed by atoms with Crippen LogP contribution in [0, 0.1) is 0 Å². The van der Waals surface area contributed by atoms with Crippen molar-refractivity contribution >= 4 is 5.91 Å². The zero-order valence-electron chi connectivity index (χ0n) is 23.0. The van der Waals surface area contributed by atoms with Crippen LogP contribution in [0.2, 0.25) is 0 Å². The first kappa shape index (κ1) is 27.3. The zero-order chi connectivity index (χ0) is 26.4. The van der Waals surface area contributed by atoms with Gasteiger partial charge in [-0.25, -0.2) is 0 Å². The van der Waals surface area contributed by atoms with Crippen molar-refractivity contribution in [1.82, 2.24) is 10.2 Å². The number of fused-ring (bicyclic) bond motifs is 3. The second-order valence-electron chi connectivity index (χ2n) is 10.3. The third kappa shape index (κ3) is 6.76. The molecule has 4 rings (SSSR count). The quantitative estimate of drug-likeness (QED) is 0.259. The first-order valence-corrected chi connectivity index (χ1v) is 13.4. The molecule has 1 aromatic rings. The number of ether oxygens (including phenoxy) is 4. The molecule has 2 saturated heterocycles. The molecule has 202 valence electrons. The summed E-state index contributed by atoms with van der Waals surface area (Å²) in [5.74, 6) is 2.49. The molecule has 1 aromatic carbocycles. The highest BCUT2D eigenvalue weighted by Gasteiger charge is 2.41. The highest BCUT2D eigenvalue weighted by atomic mass is 16.7. The van der Waals surface area contributed by atoms with Crippen LogP contribution in [-0.2, 0) is 20.7 Å². The van der Waals surface area contributed by atoms with E-state index in [1.807, 2.05) is 25.1 Å². The molecule has 3 heterocycles. The van der Waals surface area contributed by atoms with Gasteiger partial charge in [-0.1, -0.05) is 18.2 Å². The Balaban J connectivity index is 1.36. The number of amides is 1. The Kier molecular flexibility index (Phi) is 9.33. The standard InChI is InChI=1S/C30H42N2O5/c1-6-7-24(21(3)20(2)22(4)35-13-12-34-5)18-32-26-9-10-27(32)17-25(16-26)31-30(33)15-23-8-11-28-29(14-23)37-19-36-28/h6-8,11,14,25-27H,9-10,12-13,15-19H2,1-5H3,(H,31,33)/b7-6-,22-20+,24-21+. The lowest BCUT2D eigenvalue weighted by atomic mass is 9.94. The number of nitrogens with one attached hydrogen (secondary N) is 1. The molecule has 1 N–H and O–H groups in total. The van der Waals surface area contributed by atoms with Gasteiger partial charge in [0.1, 0.15) is 6.61 Å². The molecule has 0 radical (unpaired) electrons. The second-order valence-corrected chi connectivity index (χ2v) is 10.3. The van der Waals surface area contributed by atoms with Gasteiger partial charge in [-0.2, -0.15) is 0 Å². The topological polar surface area (TPSA) is 69.3 Å². The van der Waals surface area contributed by atoms with Gasteiger partial charge in [0.25, 0.3) is 0 Å². The van der Waals surface area contributed by atoms with Crippen molar-refractivity contribution in [2.45, 2.75) is 77.9 Å². The molecule has 7 heteroatoms. The Hall–Kier alpha value is -2.77. The van der Waals surface area contributed by atoms with Gasteiger partial charge in [0.2, 0.25) is 12.7 Å². The van der Waals surface area contributed by atoms with Crippen LogP contribution in [0.4, 0.5) is 0 Å². The molecule has 3 aliphatic rings. The van der Waals surface area contributed by atoms with E-state index < -0.39 is 0 Å². The van der Waals surface area contributed by atoms with Crippen LogP contribution in [0.25, 0.3) is 0 Å². The second kappa shape index (κ2) is 12.7. The maximum Gasteiger partial charge on any atom is 0.231 e. The summed E-state index contributed by atoms with van der Waals surface area (Å²) >= 11 is 0. The fraction of sp³-hybridized carbons (Fsp3) is 0.567. The molecule has 2 bridgehead atoms. The van der Waals surface area contributed by atoms with E-state index in [1.54, 1.807) is 7.11 Å². The number of allylic oxidation sites excluding steroid dienone is 4. The molecule has 0 aromatic heterocycles. The summed E-state index contributed by atoms with van der Waals surface area (Å²) in [6.07, 6.45) is 9.10. The number of hydrogen-bond donors (Lipinski definition) is 1. The van der Waals surface area contributed by atoms with Crippen LogP contribution in [0.3, 0.4) is 0 Å². The number of carbonyl (C=O) groups is 1. The lowest BCUT2D eigenvalue weighted by Crippen LogP contribution is -2.51. The lowest BCUT2D eigenvalue weighted by Gasteiger charge is -2.39. The third-order valence-electron chi connectivity index (χ3n) is 7.95. The van der Waals surface area contributed by atoms with E-state index in [9.17, 15) is 4.79 Å². The minimum absolute atomic E-state index is 0.0757. The fourth-order valence-electron chi connectivity index (χ4n) is 5.75. The van der Waals surface area contributed by atoms with Crippen molar-refractivity contribution in [1.29, 1.82) is 0 Å². The molecule has 2 fully saturated rings. The predicted octanol–water partition coefficient (Wildman–Crippen LogP) is 4.92. The van der Waals surface area contributed by atoms with E-state index in [4.69, 9.17) is 18.9 Å². The van der Waals surface area contributed by atoms with E-state index >= 15 is 0 Å². The summed E-state index contributed by atoms with van der Waals surface area (Å²) in [5.41, 5.74) is 4.73. The summed E-state index contributed by atoms with van der Waals surface area (Å²) in [6, 6.07) is 6.94. The Morgan fingerprint density at radius 1 is 1.08 bits per heavy atom. The highest BCUT2D eigenvalue weighted by molar-refractivity contribution is 5.79. The van der Waals surface area contributed by atoms with Crippen molar-refractivity contribution in [3.05, 3.63) is 58.4 Å². The zero-order valence-corrected chi connectivity index (χ0v) is 23.0. The molecule has 0 saturated carbocycles. The minimum atomic E-state index is 0.0757. The summed E-state index contributed by atoms with van der Waals surface area (Å²) in [7, 11) is 1.69. The predicted molar refractivity (Wildman–Crippen MR) is 145 cm³/mol. The van der Waals surface area contributed by atoms with Gasteiger partial charge < -0.3 is 24.3 Å². The fourth-order valence-corrected chi connectivity index (χ4v) is 5.75. The molecule has 2 unspecified atom stereocenters. The Labute approximate surface area is 221 Å². The molecule has 0 aliphatic carbocycles. The SMILES string of the molecule is C\C=C/C(CN1C2CCC1CC(NC(=O)Cc1ccc3c(c1)OCO3)C2)=C(C)\C(C)=C(/C)OCCOC. The van der Waals surface area contributed by atoms with Gasteiger partial charge in [0, 0.05) is 31.8 Å². The lowest BCUT2D eigenvalue weighted by molar-refractivity contribution is -0.121. The smallest absolute Gasteiger partial charge is 0.231 e. The van der Waals surface area contributed by atoms with E-state index in [-0.39, 0.29) is 18.7 Å². The molecule has 2 atom stereocenters. The average Bonchev–Trinajstić information content (AvgIpc) is 3.43. The number of carbonyl (C=O) groups excluding carboxylic acids is 1. The third-order valence-corrected chi connectivity index (χ3v) is 7.95. The first-order chi connectivity index (χ1) is 17.9. The van der Waals surface area contributed by atoms with Gasteiger partial charge in [0.15, 0.2) is 11.5 Å². The van der Waals surface area contributed by atoms with Gasteiger partial charge in [-0.05, 0) is 87.8 Å². The Morgan fingerprint density at radius 3 is 2.51 bits per heavy atom. The monoisotopic (exact) mass is 510 g/mol. The van der Waals surface area contributed by atoms with Gasteiger partial charge in [-0.3, -0.25) is 9.69 Å². The Morgan fingerprint density at radius 2 is 1.81 bits per heavy atom. The van der Waals surface area contributed by atoms with Crippen molar-refractivity contribution < 1.29 is 23.7 Å². The van der Waals surface area contributed by atoms with Crippen LogP contribution < -0.4 is 14.8 Å². The molecule has 37 heavy (non-hydrogen) atoms. The molecule has 1 amide bonds. The van der Waals surface area contributed by atoms with Crippen molar-refractivity contribution in [3.63, 3.8) is 0 Å². The number of methoxy groups -OCH3 is 1. The van der Waals surface area contributed by atoms with Gasteiger partial charge in [-0.15, -0.1) is 0 Å². The van der Waals surface area contributed by atoms with Crippen molar-refractivity contribution in [2.24, 2.45) is 0 Å².